The molecule has 0 aromatic heterocycles. The Bertz CT molecular complexity index is 397. The van der Waals surface area contributed by atoms with Crippen LogP contribution in [0.5, 0.6) is 0 Å². The van der Waals surface area contributed by atoms with Gasteiger partial charge in [0.15, 0.2) is 0 Å². The Kier molecular flexibility index (Phi) is 10.7. The van der Waals surface area contributed by atoms with Crippen LogP contribution < -0.4 is 0 Å². The third-order valence-electron chi connectivity index (χ3n) is 6.62. The summed E-state index contributed by atoms with van der Waals surface area (Å²) in [5.41, 5.74) is -1.06. The van der Waals surface area contributed by atoms with Crippen molar-refractivity contribution in [1.29, 1.82) is 0 Å². The van der Waals surface area contributed by atoms with Crippen molar-refractivity contribution in [3.05, 3.63) is 0 Å². The van der Waals surface area contributed by atoms with Crippen molar-refractivity contribution in [3.63, 3.8) is 0 Å². The first-order chi connectivity index (χ1) is 12.5. The van der Waals surface area contributed by atoms with Crippen molar-refractivity contribution in [3.8, 4) is 0 Å². The molecule has 0 aliphatic carbocycles. The van der Waals surface area contributed by atoms with Gasteiger partial charge in [-0.05, 0) is 44.9 Å². The molecule has 0 aliphatic rings. The fraction of sp³-hybridized carbons (Fsp3) is 1.00. The summed E-state index contributed by atoms with van der Waals surface area (Å²) >= 11 is 0. The first kappa shape index (κ1) is 27.8. The predicted molar refractivity (Wildman–Crippen MR) is 118 cm³/mol. The predicted octanol–water partition coefficient (Wildman–Crippen LogP) is 8.00. The van der Waals surface area contributed by atoms with Crippen molar-refractivity contribution in [1.82, 2.24) is 0 Å². The zero-order valence-corrected chi connectivity index (χ0v) is 21.1. The molecule has 0 bridgehead atoms. The van der Waals surface area contributed by atoms with Crippen LogP contribution in [0.25, 0.3) is 0 Å². The molecule has 0 spiro atoms. The molecule has 0 aromatic carbocycles. The molecule has 0 unspecified atom stereocenters. The summed E-state index contributed by atoms with van der Waals surface area (Å²) in [4.78, 5) is 24.0. The van der Waals surface area contributed by atoms with Gasteiger partial charge in [-0.3, -0.25) is 0 Å². The van der Waals surface area contributed by atoms with Crippen LogP contribution in [-0.2, 0) is 19.6 Å². The molecule has 170 valence electrons. The van der Waals surface area contributed by atoms with Crippen LogP contribution in [0.1, 0.15) is 128 Å². The minimum Gasteiger partial charge on any atom is -0.227 e. The number of rotatable bonds is 13. The standard InChI is InChI=1S/C24H50O4/c1-13-15-16-17-18-19-24(14-2,27-25-22(9,10)20(3,4)5)28-26-23(11,12)21(6,7)8/h13-19H2,1-12H3. The zero-order valence-electron chi connectivity index (χ0n) is 21.1. The molecule has 0 N–H and O–H groups in total. The fourth-order valence-corrected chi connectivity index (χ4v) is 2.00. The van der Waals surface area contributed by atoms with Crippen LogP contribution in [0.2, 0.25) is 0 Å². The summed E-state index contributed by atoms with van der Waals surface area (Å²) < 4.78 is 0. The van der Waals surface area contributed by atoms with Gasteiger partial charge in [0.2, 0.25) is 5.79 Å². The van der Waals surface area contributed by atoms with Crippen molar-refractivity contribution in [2.24, 2.45) is 10.8 Å². The largest absolute Gasteiger partial charge is 0.233 e. The summed E-state index contributed by atoms with van der Waals surface area (Å²) in [6, 6.07) is 0. The Morgan fingerprint density at radius 2 is 0.893 bits per heavy atom. The Hall–Kier alpha value is -0.160. The van der Waals surface area contributed by atoms with Crippen molar-refractivity contribution in [2.45, 2.75) is 145 Å². The molecule has 28 heavy (non-hydrogen) atoms. The molecule has 0 rings (SSSR count). The van der Waals surface area contributed by atoms with Gasteiger partial charge in [-0.1, -0.05) is 81.1 Å². The van der Waals surface area contributed by atoms with Gasteiger partial charge < -0.3 is 0 Å². The molecule has 0 saturated carbocycles. The molecule has 0 fully saturated rings. The molecule has 4 heteroatoms. The van der Waals surface area contributed by atoms with Crippen LogP contribution in [0.15, 0.2) is 0 Å². The topological polar surface area (TPSA) is 36.9 Å². The van der Waals surface area contributed by atoms with E-state index in [0.717, 1.165) is 19.3 Å². The van der Waals surface area contributed by atoms with E-state index in [1.165, 1.54) is 19.3 Å². The van der Waals surface area contributed by atoms with Gasteiger partial charge in [-0.2, -0.15) is 9.78 Å². The molecule has 4 nitrogen and oxygen atoms in total. The lowest BCUT2D eigenvalue weighted by Gasteiger charge is -2.43. The second-order valence-electron chi connectivity index (χ2n) is 11.3. The molecule has 0 heterocycles. The minimum absolute atomic E-state index is 0.0703. The fourth-order valence-electron chi connectivity index (χ4n) is 2.00. The maximum atomic E-state index is 6.04. The third-order valence-corrected chi connectivity index (χ3v) is 6.62. The molecule has 0 amide bonds. The van der Waals surface area contributed by atoms with Crippen molar-refractivity contribution < 1.29 is 19.6 Å². The van der Waals surface area contributed by atoms with E-state index in [2.05, 4.69) is 83.1 Å². The van der Waals surface area contributed by atoms with Gasteiger partial charge in [-0.15, -0.1) is 0 Å². The maximum absolute atomic E-state index is 6.04. The van der Waals surface area contributed by atoms with Gasteiger partial charge in [0.1, 0.15) is 11.2 Å². The summed E-state index contributed by atoms with van der Waals surface area (Å²) in [5, 5.41) is 0. The monoisotopic (exact) mass is 402 g/mol. The van der Waals surface area contributed by atoms with Gasteiger partial charge in [0, 0.05) is 12.8 Å². The van der Waals surface area contributed by atoms with E-state index in [4.69, 9.17) is 19.6 Å². The first-order valence-electron chi connectivity index (χ1n) is 11.3. The summed E-state index contributed by atoms with van der Waals surface area (Å²) in [6.45, 7) is 25.4. The Balaban J connectivity index is 5.26. The number of hydrogen-bond donors (Lipinski definition) is 0. The van der Waals surface area contributed by atoms with Crippen LogP contribution in [-0.4, -0.2) is 17.0 Å². The second kappa shape index (κ2) is 10.7. The summed E-state index contributed by atoms with van der Waals surface area (Å²) in [5.74, 6) is -0.906. The lowest BCUT2D eigenvalue weighted by atomic mass is 9.79. The van der Waals surface area contributed by atoms with E-state index < -0.39 is 17.0 Å². The molecular formula is C24H50O4. The lowest BCUT2D eigenvalue weighted by molar-refractivity contribution is -0.553. The number of unbranched alkanes of at least 4 members (excludes halogenated alkanes) is 4. The summed E-state index contributed by atoms with van der Waals surface area (Å²) in [6.07, 6.45) is 7.31. The van der Waals surface area contributed by atoms with E-state index >= 15 is 0 Å². The van der Waals surface area contributed by atoms with Crippen LogP contribution in [0.3, 0.4) is 0 Å². The smallest absolute Gasteiger partial charge is 0.227 e. The zero-order chi connectivity index (χ0) is 22.3. The van der Waals surface area contributed by atoms with E-state index in [9.17, 15) is 0 Å². The molecule has 0 aliphatic heterocycles. The SMILES string of the molecule is CCCCCCCC(CC)(OOC(C)(C)C(C)(C)C)OOC(C)(C)C(C)(C)C. The second-order valence-corrected chi connectivity index (χ2v) is 11.3. The average Bonchev–Trinajstić information content (AvgIpc) is 2.54. The highest BCUT2D eigenvalue weighted by atomic mass is 17.3. The molecule has 0 atom stereocenters. The van der Waals surface area contributed by atoms with Crippen LogP contribution in [0, 0.1) is 10.8 Å². The Morgan fingerprint density at radius 1 is 0.500 bits per heavy atom. The van der Waals surface area contributed by atoms with E-state index in [-0.39, 0.29) is 10.8 Å². The van der Waals surface area contributed by atoms with Gasteiger partial charge >= 0.3 is 0 Å². The maximum Gasteiger partial charge on any atom is 0.233 e. The van der Waals surface area contributed by atoms with E-state index in [1.807, 2.05) is 0 Å². The highest BCUT2D eigenvalue weighted by Crippen LogP contribution is 2.39. The Labute approximate surface area is 175 Å². The van der Waals surface area contributed by atoms with E-state index in [0.29, 0.717) is 6.42 Å². The van der Waals surface area contributed by atoms with Crippen LogP contribution in [0.4, 0.5) is 0 Å². The minimum atomic E-state index is -0.906. The first-order valence-corrected chi connectivity index (χ1v) is 11.3. The molecular weight excluding hydrogens is 352 g/mol. The van der Waals surface area contributed by atoms with E-state index in [1.54, 1.807) is 0 Å². The molecule has 0 aromatic rings. The number of hydrogen-bond acceptors (Lipinski definition) is 4. The van der Waals surface area contributed by atoms with Gasteiger partial charge in [0.05, 0.1) is 0 Å². The lowest BCUT2D eigenvalue weighted by Crippen LogP contribution is -2.47. The Morgan fingerprint density at radius 3 is 1.21 bits per heavy atom. The van der Waals surface area contributed by atoms with Crippen molar-refractivity contribution >= 4 is 0 Å². The van der Waals surface area contributed by atoms with Gasteiger partial charge in [0.25, 0.3) is 0 Å². The van der Waals surface area contributed by atoms with Gasteiger partial charge in [-0.25, -0.2) is 9.78 Å². The highest BCUT2D eigenvalue weighted by molar-refractivity contribution is 4.84. The highest BCUT2D eigenvalue weighted by Gasteiger charge is 2.43. The van der Waals surface area contributed by atoms with Crippen LogP contribution >= 0.6 is 0 Å². The van der Waals surface area contributed by atoms with Crippen molar-refractivity contribution in [2.75, 3.05) is 0 Å². The average molecular weight is 403 g/mol. The normalized spacial score (nSPS) is 14.6. The quantitative estimate of drug-likeness (QED) is 0.135. The molecule has 0 radical (unpaired) electrons. The summed E-state index contributed by atoms with van der Waals surface area (Å²) in [7, 11) is 0. The third kappa shape index (κ3) is 8.69. The molecule has 0 saturated heterocycles.